The third-order valence-corrected chi connectivity index (χ3v) is 4.18. The molecule has 0 aromatic heterocycles. The van der Waals surface area contributed by atoms with Crippen molar-refractivity contribution in [2.75, 3.05) is 18.6 Å². The lowest BCUT2D eigenvalue weighted by atomic mass is 10.1. The summed E-state index contributed by atoms with van der Waals surface area (Å²) < 4.78 is 0. The van der Waals surface area contributed by atoms with Crippen LogP contribution in [0.4, 0.5) is 0 Å². The zero-order chi connectivity index (χ0) is 13.4. The Hall–Kier alpha value is 0.110. The predicted molar refractivity (Wildman–Crippen MR) is 85.1 cm³/mol. The molecule has 1 nitrogen and oxygen atoms in total. The lowest BCUT2D eigenvalue weighted by molar-refractivity contribution is 0.545. The van der Waals surface area contributed by atoms with Crippen LogP contribution < -0.4 is 5.32 Å². The van der Waals surface area contributed by atoms with E-state index in [9.17, 15) is 0 Å². The van der Waals surface area contributed by atoms with Crippen molar-refractivity contribution in [2.24, 2.45) is 0 Å². The molecule has 4 heteroatoms. The van der Waals surface area contributed by atoms with Crippen molar-refractivity contribution in [1.29, 1.82) is 0 Å². The number of hydrogen-bond acceptors (Lipinski definition) is 2. The molecule has 102 valence electrons. The standard InChI is InChI=1S/C14H21Cl2NS/c1-11(17-8-4-3-5-9-18-2)13-10-12(15)6-7-14(13)16/h6-7,10-11,17H,3-5,8-9H2,1-2H3. The zero-order valence-electron chi connectivity index (χ0n) is 11.0. The third kappa shape index (κ3) is 5.83. The van der Waals surface area contributed by atoms with Crippen LogP contribution in [-0.2, 0) is 0 Å². The summed E-state index contributed by atoms with van der Waals surface area (Å²) in [5.74, 6) is 1.26. The molecular formula is C14H21Cl2NS. The van der Waals surface area contributed by atoms with E-state index in [0.717, 1.165) is 22.2 Å². The van der Waals surface area contributed by atoms with Crippen LogP contribution in [-0.4, -0.2) is 18.6 Å². The van der Waals surface area contributed by atoms with Crippen LogP contribution in [0.1, 0.15) is 37.8 Å². The highest BCUT2D eigenvalue weighted by atomic mass is 35.5. The average molecular weight is 306 g/mol. The molecule has 1 aromatic rings. The molecule has 1 aromatic carbocycles. The number of benzene rings is 1. The van der Waals surface area contributed by atoms with Crippen molar-refractivity contribution in [3.05, 3.63) is 33.8 Å². The van der Waals surface area contributed by atoms with Crippen LogP contribution in [0.15, 0.2) is 18.2 Å². The predicted octanol–water partition coefficient (Wildman–Crippen LogP) is 5.18. The van der Waals surface area contributed by atoms with Gasteiger partial charge in [-0.3, -0.25) is 0 Å². The van der Waals surface area contributed by atoms with Crippen LogP contribution in [0.2, 0.25) is 10.0 Å². The smallest absolute Gasteiger partial charge is 0.0454 e. The van der Waals surface area contributed by atoms with Crippen molar-refractivity contribution in [1.82, 2.24) is 5.32 Å². The molecule has 0 amide bonds. The summed E-state index contributed by atoms with van der Waals surface area (Å²) >= 11 is 14.1. The SMILES string of the molecule is CSCCCCCNC(C)c1cc(Cl)ccc1Cl. The maximum Gasteiger partial charge on any atom is 0.0454 e. The summed E-state index contributed by atoms with van der Waals surface area (Å²) in [6.45, 7) is 3.15. The third-order valence-electron chi connectivity index (χ3n) is 2.90. The van der Waals surface area contributed by atoms with Gasteiger partial charge in [0, 0.05) is 16.1 Å². The van der Waals surface area contributed by atoms with Crippen molar-refractivity contribution >= 4 is 35.0 Å². The summed E-state index contributed by atoms with van der Waals surface area (Å²) in [5, 5.41) is 5.01. The Bertz CT molecular complexity index is 358. The van der Waals surface area contributed by atoms with E-state index in [1.54, 1.807) is 0 Å². The number of rotatable bonds is 8. The minimum absolute atomic E-state index is 0.247. The summed E-state index contributed by atoms with van der Waals surface area (Å²) in [7, 11) is 0. The molecule has 0 aliphatic carbocycles. The number of nitrogens with one attached hydrogen (secondary N) is 1. The van der Waals surface area contributed by atoms with Crippen LogP contribution in [0.5, 0.6) is 0 Å². The average Bonchev–Trinajstić information content (AvgIpc) is 2.36. The Morgan fingerprint density at radius 1 is 1.22 bits per heavy atom. The molecule has 0 heterocycles. The summed E-state index contributed by atoms with van der Waals surface area (Å²) in [6.07, 6.45) is 5.95. The van der Waals surface area contributed by atoms with Crippen LogP contribution >= 0.6 is 35.0 Å². The fourth-order valence-corrected chi connectivity index (χ4v) is 2.78. The highest BCUT2D eigenvalue weighted by molar-refractivity contribution is 7.98. The molecule has 1 rings (SSSR count). The monoisotopic (exact) mass is 305 g/mol. The minimum atomic E-state index is 0.247. The number of thioether (sulfide) groups is 1. The van der Waals surface area contributed by atoms with Gasteiger partial charge in [-0.2, -0.15) is 11.8 Å². The van der Waals surface area contributed by atoms with Crippen molar-refractivity contribution < 1.29 is 0 Å². The molecule has 0 fully saturated rings. The van der Waals surface area contributed by atoms with Gasteiger partial charge in [0.1, 0.15) is 0 Å². The van der Waals surface area contributed by atoms with Gasteiger partial charge in [0.25, 0.3) is 0 Å². The maximum atomic E-state index is 6.17. The van der Waals surface area contributed by atoms with E-state index in [0.29, 0.717) is 0 Å². The Balaban J connectivity index is 2.31. The van der Waals surface area contributed by atoms with Crippen LogP contribution in [0.3, 0.4) is 0 Å². The molecule has 0 saturated carbocycles. The fraction of sp³-hybridized carbons (Fsp3) is 0.571. The van der Waals surface area contributed by atoms with Gasteiger partial charge in [-0.25, -0.2) is 0 Å². The van der Waals surface area contributed by atoms with Crippen LogP contribution in [0.25, 0.3) is 0 Å². The topological polar surface area (TPSA) is 12.0 Å². The van der Waals surface area contributed by atoms with Gasteiger partial charge in [0.2, 0.25) is 0 Å². The molecule has 0 saturated heterocycles. The normalized spacial score (nSPS) is 12.7. The fourth-order valence-electron chi connectivity index (χ4n) is 1.82. The van der Waals surface area contributed by atoms with Gasteiger partial charge in [-0.15, -0.1) is 0 Å². The van der Waals surface area contributed by atoms with Gasteiger partial charge >= 0.3 is 0 Å². The second-order valence-electron chi connectivity index (χ2n) is 4.40. The molecule has 18 heavy (non-hydrogen) atoms. The number of unbranched alkanes of at least 4 members (excludes halogenated alkanes) is 2. The van der Waals surface area contributed by atoms with Crippen molar-refractivity contribution in [3.63, 3.8) is 0 Å². The zero-order valence-corrected chi connectivity index (χ0v) is 13.3. The first-order chi connectivity index (χ1) is 8.65. The Morgan fingerprint density at radius 2 is 2.00 bits per heavy atom. The highest BCUT2D eigenvalue weighted by Gasteiger charge is 2.09. The van der Waals surface area contributed by atoms with E-state index in [-0.39, 0.29) is 6.04 Å². The highest BCUT2D eigenvalue weighted by Crippen LogP contribution is 2.26. The van der Waals surface area contributed by atoms with Gasteiger partial charge < -0.3 is 5.32 Å². The number of hydrogen-bond donors (Lipinski definition) is 1. The molecule has 0 bridgehead atoms. The first-order valence-electron chi connectivity index (χ1n) is 6.32. The second kappa shape index (κ2) is 9.08. The maximum absolute atomic E-state index is 6.17. The van der Waals surface area contributed by atoms with Gasteiger partial charge in [-0.05, 0) is 62.1 Å². The molecule has 1 unspecified atom stereocenters. The second-order valence-corrected chi connectivity index (χ2v) is 6.22. The van der Waals surface area contributed by atoms with E-state index in [2.05, 4.69) is 18.5 Å². The summed E-state index contributed by atoms with van der Waals surface area (Å²) in [6, 6.07) is 5.87. The van der Waals surface area contributed by atoms with E-state index in [4.69, 9.17) is 23.2 Å². The summed E-state index contributed by atoms with van der Waals surface area (Å²) in [5.41, 5.74) is 1.08. The first-order valence-corrected chi connectivity index (χ1v) is 8.47. The Morgan fingerprint density at radius 3 is 2.72 bits per heavy atom. The molecule has 1 N–H and O–H groups in total. The van der Waals surface area contributed by atoms with Gasteiger partial charge in [-0.1, -0.05) is 29.6 Å². The van der Waals surface area contributed by atoms with Crippen molar-refractivity contribution in [3.8, 4) is 0 Å². The Kier molecular flexibility index (Phi) is 8.16. The molecule has 0 spiro atoms. The Labute approximate surface area is 125 Å². The van der Waals surface area contributed by atoms with Crippen LogP contribution in [0, 0.1) is 0 Å². The minimum Gasteiger partial charge on any atom is -0.310 e. The molecule has 0 radical (unpaired) electrons. The largest absolute Gasteiger partial charge is 0.310 e. The molecule has 0 aliphatic heterocycles. The molecule has 1 atom stereocenters. The van der Waals surface area contributed by atoms with E-state index in [1.165, 1.54) is 25.0 Å². The molecular weight excluding hydrogens is 285 g/mol. The van der Waals surface area contributed by atoms with Gasteiger partial charge in [0.05, 0.1) is 0 Å². The lowest BCUT2D eigenvalue weighted by Gasteiger charge is -2.16. The summed E-state index contributed by atoms with van der Waals surface area (Å²) in [4.78, 5) is 0. The van der Waals surface area contributed by atoms with E-state index in [1.807, 2.05) is 30.0 Å². The van der Waals surface area contributed by atoms with E-state index < -0.39 is 0 Å². The van der Waals surface area contributed by atoms with Gasteiger partial charge in [0.15, 0.2) is 0 Å². The quantitative estimate of drug-likeness (QED) is 0.664. The lowest BCUT2D eigenvalue weighted by Crippen LogP contribution is -2.20. The molecule has 0 aliphatic rings. The number of halogens is 2. The van der Waals surface area contributed by atoms with E-state index >= 15 is 0 Å². The van der Waals surface area contributed by atoms with Crippen molar-refractivity contribution in [2.45, 2.75) is 32.2 Å². The first kappa shape index (κ1) is 16.2.